The monoisotopic (exact) mass is 397 g/mol. The quantitative estimate of drug-likeness (QED) is 0.835. The maximum absolute atomic E-state index is 10.6. The molecule has 4 nitrogen and oxygen atoms in total. The lowest BCUT2D eigenvalue weighted by molar-refractivity contribution is 0.205. The van der Waals surface area contributed by atoms with Crippen LogP contribution in [0.1, 0.15) is 17.4 Å². The number of aliphatic hydroxyl groups is 1. The molecule has 2 aromatic heterocycles. The second-order valence-corrected chi connectivity index (χ2v) is 7.73. The van der Waals surface area contributed by atoms with Gasteiger partial charge in [0.05, 0.1) is 27.2 Å². The van der Waals surface area contributed by atoms with Crippen molar-refractivity contribution >= 4 is 50.5 Å². The summed E-state index contributed by atoms with van der Waals surface area (Å²) < 4.78 is 3.58. The Hall–Kier alpha value is -0.110. The van der Waals surface area contributed by atoms with Crippen LogP contribution >= 0.6 is 50.5 Å². The van der Waals surface area contributed by atoms with Crippen molar-refractivity contribution in [2.45, 2.75) is 12.6 Å². The highest BCUT2D eigenvalue weighted by molar-refractivity contribution is 9.10. The minimum Gasteiger partial charge on any atom is -0.382 e. The first-order valence-corrected chi connectivity index (χ1v) is 8.25. The topological polar surface area (TPSA) is 41.3 Å². The zero-order valence-electron chi connectivity index (χ0n) is 11.0. The van der Waals surface area contributed by atoms with E-state index in [1.54, 1.807) is 16.9 Å². The number of aromatic nitrogens is 2. The van der Waals surface area contributed by atoms with Gasteiger partial charge in [-0.1, -0.05) is 23.2 Å². The van der Waals surface area contributed by atoms with E-state index in [0.717, 1.165) is 11.0 Å². The summed E-state index contributed by atoms with van der Waals surface area (Å²) >= 11 is 16.7. The van der Waals surface area contributed by atoms with Gasteiger partial charge < -0.3 is 10.0 Å². The molecule has 0 bridgehead atoms. The number of hydrogen-bond acceptors (Lipinski definition) is 4. The fraction of sp³-hybridized carbons (Fsp3) is 0.417. The van der Waals surface area contributed by atoms with E-state index in [2.05, 4.69) is 25.9 Å². The fourth-order valence-corrected chi connectivity index (χ4v) is 3.84. The van der Waals surface area contributed by atoms with Crippen molar-refractivity contribution in [2.24, 2.45) is 0 Å². The van der Waals surface area contributed by atoms with Gasteiger partial charge >= 0.3 is 0 Å². The summed E-state index contributed by atoms with van der Waals surface area (Å²) in [6.07, 6.45) is 0.820. The van der Waals surface area contributed by atoms with E-state index in [-0.39, 0.29) is 0 Å². The summed E-state index contributed by atoms with van der Waals surface area (Å²) in [6.45, 7) is 1.51. The molecule has 2 aromatic rings. The first-order chi connectivity index (χ1) is 9.40. The molecule has 0 saturated carbocycles. The van der Waals surface area contributed by atoms with E-state index in [0.29, 0.717) is 26.5 Å². The lowest BCUT2D eigenvalue weighted by Crippen LogP contribution is -2.21. The van der Waals surface area contributed by atoms with Gasteiger partial charge in [0, 0.05) is 12.1 Å². The van der Waals surface area contributed by atoms with Gasteiger partial charge in [-0.05, 0) is 36.1 Å². The minimum absolute atomic E-state index is 0.495. The Balaban J connectivity index is 2.31. The van der Waals surface area contributed by atoms with Crippen molar-refractivity contribution in [3.05, 3.63) is 36.7 Å². The van der Waals surface area contributed by atoms with Crippen LogP contribution in [0, 0.1) is 0 Å². The summed E-state index contributed by atoms with van der Waals surface area (Å²) in [5.41, 5.74) is 1.29. The second kappa shape index (κ2) is 6.77. The van der Waals surface area contributed by atoms with Crippen molar-refractivity contribution < 1.29 is 5.11 Å². The lowest BCUT2D eigenvalue weighted by atomic mass is 10.1. The van der Waals surface area contributed by atoms with Crippen LogP contribution in [0.3, 0.4) is 0 Å². The molecule has 1 unspecified atom stereocenters. The number of halogens is 3. The van der Waals surface area contributed by atoms with Crippen molar-refractivity contribution in [2.75, 3.05) is 20.6 Å². The van der Waals surface area contributed by atoms with Crippen molar-refractivity contribution in [1.29, 1.82) is 0 Å². The van der Waals surface area contributed by atoms with Crippen LogP contribution < -0.4 is 0 Å². The molecule has 110 valence electrons. The number of thiophene rings is 1. The molecule has 0 aliphatic rings. The summed E-state index contributed by atoms with van der Waals surface area (Å²) in [4.78, 5) is 2.06. The molecule has 20 heavy (non-hydrogen) atoms. The molecule has 8 heteroatoms. The van der Waals surface area contributed by atoms with Crippen LogP contribution in [-0.2, 0) is 6.54 Å². The molecule has 0 radical (unpaired) electrons. The summed E-state index contributed by atoms with van der Waals surface area (Å²) in [7, 11) is 3.98. The minimum atomic E-state index is -0.856. The average Bonchev–Trinajstić information content (AvgIpc) is 2.89. The van der Waals surface area contributed by atoms with E-state index >= 15 is 0 Å². The van der Waals surface area contributed by atoms with Crippen LogP contribution in [0.4, 0.5) is 0 Å². The Kier molecular flexibility index (Phi) is 5.50. The lowest BCUT2D eigenvalue weighted by Gasteiger charge is -2.16. The van der Waals surface area contributed by atoms with Gasteiger partial charge in [0.25, 0.3) is 0 Å². The molecule has 0 saturated heterocycles. The Morgan fingerprint density at radius 3 is 2.75 bits per heavy atom. The molecule has 0 spiro atoms. The van der Waals surface area contributed by atoms with Gasteiger partial charge in [0.1, 0.15) is 10.4 Å². The van der Waals surface area contributed by atoms with Crippen molar-refractivity contribution in [3.8, 4) is 0 Å². The third-order valence-corrected chi connectivity index (χ3v) is 4.96. The van der Waals surface area contributed by atoms with E-state index in [4.69, 9.17) is 23.2 Å². The fourth-order valence-electron chi connectivity index (χ4n) is 1.80. The number of aliphatic hydroxyl groups excluding tert-OH is 1. The Morgan fingerprint density at radius 2 is 2.20 bits per heavy atom. The summed E-state index contributed by atoms with van der Waals surface area (Å²) in [5.74, 6) is 0. The normalized spacial score (nSPS) is 13.2. The molecule has 0 amide bonds. The van der Waals surface area contributed by atoms with Crippen molar-refractivity contribution in [3.63, 3.8) is 0 Å². The highest BCUT2D eigenvalue weighted by atomic mass is 79.9. The third kappa shape index (κ3) is 3.55. The molecule has 0 fully saturated rings. The van der Waals surface area contributed by atoms with Crippen LogP contribution in [0.15, 0.2) is 16.7 Å². The van der Waals surface area contributed by atoms with Crippen molar-refractivity contribution in [1.82, 2.24) is 14.7 Å². The Bertz CT molecular complexity index is 600. The van der Waals surface area contributed by atoms with Gasteiger partial charge in [-0.25, -0.2) is 0 Å². The number of hydrogen-bond donors (Lipinski definition) is 1. The smallest absolute Gasteiger partial charge is 0.124 e. The molecule has 0 aliphatic heterocycles. The van der Waals surface area contributed by atoms with Crippen LogP contribution in [-0.4, -0.2) is 40.4 Å². The summed E-state index contributed by atoms with van der Waals surface area (Å²) in [6, 6.07) is 1.69. The van der Waals surface area contributed by atoms with Gasteiger partial charge in [-0.2, -0.15) is 5.10 Å². The molecule has 0 aliphatic carbocycles. The maximum atomic E-state index is 10.6. The van der Waals surface area contributed by atoms with E-state index in [9.17, 15) is 5.11 Å². The molecule has 1 atom stereocenters. The molecule has 2 heterocycles. The van der Waals surface area contributed by atoms with Gasteiger partial charge in [-0.3, -0.25) is 4.68 Å². The Morgan fingerprint density at radius 1 is 1.50 bits per heavy atom. The molecule has 1 N–H and O–H groups in total. The van der Waals surface area contributed by atoms with E-state index < -0.39 is 6.10 Å². The predicted octanol–water partition coefficient (Wildman–Crippen LogP) is 3.66. The Labute approximate surface area is 140 Å². The van der Waals surface area contributed by atoms with Gasteiger partial charge in [0.2, 0.25) is 0 Å². The number of nitrogens with zero attached hydrogens (tertiary/aromatic N) is 3. The first-order valence-electron chi connectivity index (χ1n) is 5.89. The highest BCUT2D eigenvalue weighted by Gasteiger charge is 2.23. The number of likely N-dealkylation sites (N-methyl/N-ethyl adjacent to an activating group) is 1. The standard InChI is InChI=1S/C12H14BrCl2N3OS/c1-17(2)3-4-18-10(8(13)6-16-18)11(19)7-5-9(14)20-12(7)15/h5-6,11,19H,3-4H2,1-2H3. The number of rotatable bonds is 5. The molecular weight excluding hydrogens is 385 g/mol. The first kappa shape index (κ1) is 16.3. The zero-order valence-corrected chi connectivity index (χ0v) is 14.9. The third-order valence-electron chi connectivity index (χ3n) is 2.83. The summed E-state index contributed by atoms with van der Waals surface area (Å²) in [5, 5.41) is 14.8. The molecule has 0 aromatic carbocycles. The SMILES string of the molecule is CN(C)CCn1ncc(Br)c1C(O)c1cc(Cl)sc1Cl. The second-order valence-electron chi connectivity index (χ2n) is 4.59. The van der Waals surface area contributed by atoms with Gasteiger partial charge in [0.15, 0.2) is 0 Å². The molecular formula is C12H14BrCl2N3OS. The van der Waals surface area contributed by atoms with Gasteiger partial charge in [-0.15, -0.1) is 11.3 Å². The van der Waals surface area contributed by atoms with E-state index in [1.165, 1.54) is 11.3 Å². The maximum Gasteiger partial charge on any atom is 0.124 e. The van der Waals surface area contributed by atoms with Crippen LogP contribution in [0.5, 0.6) is 0 Å². The van der Waals surface area contributed by atoms with E-state index in [1.807, 2.05) is 14.1 Å². The average molecular weight is 399 g/mol. The van der Waals surface area contributed by atoms with Crippen LogP contribution in [0.2, 0.25) is 8.67 Å². The zero-order chi connectivity index (χ0) is 14.9. The molecule has 2 rings (SSSR count). The largest absolute Gasteiger partial charge is 0.382 e. The predicted molar refractivity (Wildman–Crippen MR) is 86.9 cm³/mol. The highest BCUT2D eigenvalue weighted by Crippen LogP contribution is 2.39. The van der Waals surface area contributed by atoms with Crippen LogP contribution in [0.25, 0.3) is 0 Å².